The monoisotopic (exact) mass is 228 g/mol. The normalized spacial score (nSPS) is 16.9. The lowest BCUT2D eigenvalue weighted by atomic mass is 10.2. The molecule has 0 atom stereocenters. The molecule has 1 aromatic heterocycles. The Balaban J connectivity index is 2.25. The highest BCUT2D eigenvalue weighted by atomic mass is 32.1. The van der Waals surface area contributed by atoms with Crippen molar-refractivity contribution in [3.8, 4) is 0 Å². The Morgan fingerprint density at radius 2 is 2.27 bits per heavy atom. The van der Waals surface area contributed by atoms with Crippen LogP contribution in [0, 0.1) is 5.41 Å². The summed E-state index contributed by atoms with van der Waals surface area (Å²) in [4.78, 5) is 0.673. The predicted molar refractivity (Wildman–Crippen MR) is 55.3 cm³/mol. The quantitative estimate of drug-likeness (QED) is 0.456. The molecule has 0 aliphatic carbocycles. The maximum Gasteiger partial charge on any atom is 0.185 e. The fourth-order valence-electron chi connectivity index (χ4n) is 1.38. The molecule has 2 heterocycles. The molecule has 2 N–H and O–H groups in total. The number of nitrogens with zero attached hydrogens (tertiary/aromatic N) is 1. The van der Waals surface area contributed by atoms with Crippen molar-refractivity contribution in [1.82, 2.24) is 5.06 Å². The average Bonchev–Trinajstić information content (AvgIpc) is 2.86. The molecule has 0 saturated carbocycles. The molecule has 0 bridgehead atoms. The van der Waals surface area contributed by atoms with Crippen LogP contribution in [0.1, 0.15) is 16.7 Å². The largest absolute Gasteiger partial charge is 0.346 e. The van der Waals surface area contributed by atoms with Gasteiger partial charge >= 0.3 is 0 Å². The summed E-state index contributed by atoms with van der Waals surface area (Å²) >= 11 is 1.39. The van der Waals surface area contributed by atoms with E-state index in [1.54, 1.807) is 0 Å². The summed E-state index contributed by atoms with van der Waals surface area (Å²) in [5.74, 6) is 0.0547. The zero-order valence-electron chi connectivity index (χ0n) is 8.27. The highest BCUT2D eigenvalue weighted by Crippen LogP contribution is 2.30. The molecular formula is C9H12N2O3S. The van der Waals surface area contributed by atoms with Gasteiger partial charge in [0, 0.05) is 12.6 Å². The minimum Gasteiger partial charge on any atom is -0.346 e. The van der Waals surface area contributed by atoms with Crippen LogP contribution >= 0.6 is 11.3 Å². The van der Waals surface area contributed by atoms with Gasteiger partial charge in [0.05, 0.1) is 18.1 Å². The number of nitrogens with one attached hydrogen (secondary N) is 1. The highest BCUT2D eigenvalue weighted by molar-refractivity contribution is 7.12. The molecule has 6 heteroatoms. The molecule has 0 radical (unpaired) electrons. The smallest absolute Gasteiger partial charge is 0.185 e. The summed E-state index contributed by atoms with van der Waals surface area (Å²) in [5, 5.41) is 19.5. The van der Waals surface area contributed by atoms with E-state index in [2.05, 4.69) is 0 Å². The van der Waals surface area contributed by atoms with E-state index in [4.69, 9.17) is 14.9 Å². The number of amidine groups is 1. The van der Waals surface area contributed by atoms with Crippen molar-refractivity contribution in [2.75, 3.05) is 20.3 Å². The first-order valence-corrected chi connectivity index (χ1v) is 5.40. The fourth-order valence-corrected chi connectivity index (χ4v) is 2.28. The van der Waals surface area contributed by atoms with Gasteiger partial charge in [0.2, 0.25) is 0 Å². The van der Waals surface area contributed by atoms with E-state index in [-0.39, 0.29) is 5.84 Å². The van der Waals surface area contributed by atoms with Gasteiger partial charge in [0.1, 0.15) is 0 Å². The Labute approximate surface area is 91.3 Å². The van der Waals surface area contributed by atoms with Crippen LogP contribution in [0.5, 0.6) is 0 Å². The second-order valence-electron chi connectivity index (χ2n) is 3.15. The fraction of sp³-hybridized carbons (Fsp3) is 0.444. The van der Waals surface area contributed by atoms with Crippen molar-refractivity contribution in [2.24, 2.45) is 0 Å². The van der Waals surface area contributed by atoms with Crippen molar-refractivity contribution >= 4 is 17.2 Å². The third-order valence-corrected chi connectivity index (χ3v) is 3.05. The number of hydroxylamine groups is 2. The molecule has 1 fully saturated rings. The molecular weight excluding hydrogens is 216 g/mol. The average molecular weight is 228 g/mol. The maximum atomic E-state index is 9.19. The third kappa shape index (κ3) is 2.03. The Morgan fingerprint density at radius 1 is 1.60 bits per heavy atom. The van der Waals surface area contributed by atoms with Crippen LogP contribution in [0.25, 0.3) is 0 Å². The lowest BCUT2D eigenvalue weighted by molar-refractivity contribution is -0.0443. The summed E-state index contributed by atoms with van der Waals surface area (Å²) in [5.41, 5.74) is 0.809. The molecule has 0 amide bonds. The first kappa shape index (κ1) is 10.6. The van der Waals surface area contributed by atoms with Gasteiger partial charge < -0.3 is 9.47 Å². The van der Waals surface area contributed by atoms with Crippen molar-refractivity contribution in [3.05, 3.63) is 21.9 Å². The van der Waals surface area contributed by atoms with E-state index in [9.17, 15) is 5.21 Å². The van der Waals surface area contributed by atoms with Crippen molar-refractivity contribution in [1.29, 1.82) is 5.41 Å². The van der Waals surface area contributed by atoms with E-state index < -0.39 is 6.29 Å². The minimum atomic E-state index is -0.397. The molecule has 2 rings (SSSR count). The van der Waals surface area contributed by atoms with Crippen molar-refractivity contribution in [2.45, 2.75) is 6.29 Å². The van der Waals surface area contributed by atoms with Gasteiger partial charge in [-0.2, -0.15) is 0 Å². The lowest BCUT2D eigenvalue weighted by Crippen LogP contribution is -2.23. The first-order valence-electron chi connectivity index (χ1n) is 4.52. The van der Waals surface area contributed by atoms with Gasteiger partial charge in [-0.1, -0.05) is 0 Å². The summed E-state index contributed by atoms with van der Waals surface area (Å²) < 4.78 is 10.7. The molecule has 0 unspecified atom stereocenters. The van der Waals surface area contributed by atoms with E-state index in [1.165, 1.54) is 18.4 Å². The molecule has 1 aliphatic heterocycles. The topological polar surface area (TPSA) is 65.8 Å². The Kier molecular flexibility index (Phi) is 3.01. The zero-order valence-corrected chi connectivity index (χ0v) is 9.08. The third-order valence-electron chi connectivity index (χ3n) is 2.11. The first-order chi connectivity index (χ1) is 7.20. The van der Waals surface area contributed by atoms with Gasteiger partial charge in [0.15, 0.2) is 12.1 Å². The standard InChI is InChI=1S/C9H12N2O3S/c1-11(12)8(10)7-6(2-5-15-7)9-13-3-4-14-9/h2,5,9-10,12H,3-4H2,1H3. The summed E-state index contributed by atoms with van der Waals surface area (Å²) in [6.45, 7) is 1.14. The predicted octanol–water partition coefficient (Wildman–Crippen LogP) is 1.44. The minimum absolute atomic E-state index is 0.0547. The molecule has 1 saturated heterocycles. The second-order valence-corrected chi connectivity index (χ2v) is 4.07. The van der Waals surface area contributed by atoms with E-state index >= 15 is 0 Å². The summed E-state index contributed by atoms with van der Waals surface area (Å²) in [6, 6.07) is 1.86. The van der Waals surface area contributed by atoms with Crippen LogP contribution < -0.4 is 0 Å². The van der Waals surface area contributed by atoms with Gasteiger partial charge in [-0.15, -0.1) is 11.3 Å². The Hall–Kier alpha value is -0.950. The number of thiophene rings is 1. The Bertz CT molecular complexity index is 358. The number of hydrogen-bond donors (Lipinski definition) is 2. The van der Waals surface area contributed by atoms with Gasteiger partial charge in [-0.05, 0) is 11.4 Å². The Morgan fingerprint density at radius 3 is 2.87 bits per heavy atom. The zero-order chi connectivity index (χ0) is 10.8. The van der Waals surface area contributed by atoms with Gasteiger partial charge in [-0.3, -0.25) is 10.6 Å². The van der Waals surface area contributed by atoms with Crippen LogP contribution in [-0.4, -0.2) is 36.4 Å². The molecule has 15 heavy (non-hydrogen) atoms. The van der Waals surface area contributed by atoms with Crippen LogP contribution in [0.2, 0.25) is 0 Å². The lowest BCUT2D eigenvalue weighted by Gasteiger charge is -2.14. The SMILES string of the molecule is CN(O)C(=N)c1sccc1C1OCCO1. The summed E-state index contributed by atoms with van der Waals surface area (Å²) in [6.07, 6.45) is -0.397. The maximum absolute atomic E-state index is 9.19. The molecule has 1 aromatic rings. The van der Waals surface area contributed by atoms with Crippen LogP contribution in [0.3, 0.4) is 0 Å². The van der Waals surface area contributed by atoms with Gasteiger partial charge in [0.25, 0.3) is 0 Å². The molecule has 82 valence electrons. The molecule has 5 nitrogen and oxygen atoms in total. The number of hydrogen-bond acceptors (Lipinski definition) is 5. The van der Waals surface area contributed by atoms with Crippen molar-refractivity contribution < 1.29 is 14.7 Å². The number of rotatable bonds is 2. The highest BCUT2D eigenvalue weighted by Gasteiger charge is 2.24. The van der Waals surface area contributed by atoms with Gasteiger partial charge in [-0.25, -0.2) is 5.06 Å². The van der Waals surface area contributed by atoms with E-state index in [0.717, 1.165) is 10.6 Å². The molecule has 0 aromatic carbocycles. The van der Waals surface area contributed by atoms with E-state index in [0.29, 0.717) is 18.1 Å². The number of ether oxygens (including phenoxy) is 2. The second kappa shape index (κ2) is 4.28. The summed E-state index contributed by atoms with van der Waals surface area (Å²) in [7, 11) is 1.42. The van der Waals surface area contributed by atoms with Crippen molar-refractivity contribution in [3.63, 3.8) is 0 Å². The van der Waals surface area contributed by atoms with E-state index in [1.807, 2.05) is 11.4 Å². The molecule has 1 aliphatic rings. The van der Waals surface area contributed by atoms with Crippen LogP contribution in [0.15, 0.2) is 11.4 Å². The molecule has 0 spiro atoms. The van der Waals surface area contributed by atoms with Crippen LogP contribution in [-0.2, 0) is 9.47 Å². The van der Waals surface area contributed by atoms with Crippen LogP contribution in [0.4, 0.5) is 0 Å².